The smallest absolute Gasteiger partial charge is 0.0946 e. The Labute approximate surface area is 91.7 Å². The molecule has 0 aliphatic heterocycles. The Hall–Kier alpha value is -0.870. The minimum atomic E-state index is 0.232. The molecule has 0 saturated carbocycles. The second-order valence-electron chi connectivity index (χ2n) is 4.06. The van der Waals surface area contributed by atoms with E-state index in [-0.39, 0.29) is 6.10 Å². The van der Waals surface area contributed by atoms with E-state index in [0.29, 0.717) is 12.1 Å². The average Bonchev–Trinajstić information content (AvgIpc) is 2.68. The van der Waals surface area contributed by atoms with Crippen LogP contribution in [0.25, 0.3) is 0 Å². The van der Waals surface area contributed by atoms with E-state index in [0.717, 1.165) is 6.54 Å². The molecule has 1 heterocycles. The number of methoxy groups -OCH3 is 1. The maximum absolute atomic E-state index is 5.27. The van der Waals surface area contributed by atoms with E-state index in [1.165, 1.54) is 0 Å². The summed E-state index contributed by atoms with van der Waals surface area (Å²) in [4.78, 5) is 4.02. The Morgan fingerprint density at radius 1 is 1.40 bits per heavy atom. The molecule has 0 saturated heterocycles. The van der Waals surface area contributed by atoms with E-state index in [1.54, 1.807) is 13.3 Å². The first-order valence-electron chi connectivity index (χ1n) is 5.38. The second kappa shape index (κ2) is 5.88. The molecule has 3 atom stereocenters. The first-order valence-corrected chi connectivity index (χ1v) is 5.38. The summed E-state index contributed by atoms with van der Waals surface area (Å²) in [6, 6.07) is 0.764. The molecule has 0 aromatic carbocycles. The lowest BCUT2D eigenvalue weighted by Gasteiger charge is -2.24. The van der Waals surface area contributed by atoms with Gasteiger partial charge < -0.3 is 14.6 Å². The lowest BCUT2D eigenvalue weighted by Crippen LogP contribution is -2.43. The van der Waals surface area contributed by atoms with Crippen molar-refractivity contribution in [3.05, 3.63) is 18.7 Å². The molecule has 0 spiro atoms. The third kappa shape index (κ3) is 4.01. The summed E-state index contributed by atoms with van der Waals surface area (Å²) in [7, 11) is 1.74. The zero-order valence-corrected chi connectivity index (χ0v) is 9.97. The number of imidazole rings is 1. The van der Waals surface area contributed by atoms with E-state index in [9.17, 15) is 0 Å². The number of aromatic nitrogens is 2. The van der Waals surface area contributed by atoms with Gasteiger partial charge in [0, 0.05) is 38.1 Å². The first kappa shape index (κ1) is 12.2. The Morgan fingerprint density at radius 2 is 2.13 bits per heavy atom. The van der Waals surface area contributed by atoms with Crippen molar-refractivity contribution in [3.63, 3.8) is 0 Å². The van der Waals surface area contributed by atoms with Gasteiger partial charge in [-0.2, -0.15) is 0 Å². The number of rotatable bonds is 6. The molecule has 1 N–H and O–H groups in total. The van der Waals surface area contributed by atoms with E-state index in [4.69, 9.17) is 4.74 Å². The highest BCUT2D eigenvalue weighted by atomic mass is 16.5. The van der Waals surface area contributed by atoms with Crippen LogP contribution in [0.3, 0.4) is 0 Å². The summed E-state index contributed by atoms with van der Waals surface area (Å²) < 4.78 is 7.34. The molecule has 0 fully saturated rings. The summed E-state index contributed by atoms with van der Waals surface area (Å²) in [6.45, 7) is 7.31. The van der Waals surface area contributed by atoms with Gasteiger partial charge in [0.25, 0.3) is 0 Å². The SMILES string of the molecule is COC(C)C(C)NC(C)Cn1ccnc1. The largest absolute Gasteiger partial charge is 0.380 e. The highest BCUT2D eigenvalue weighted by Crippen LogP contribution is 1.99. The monoisotopic (exact) mass is 211 g/mol. The van der Waals surface area contributed by atoms with Crippen LogP contribution in [0.2, 0.25) is 0 Å². The topological polar surface area (TPSA) is 39.1 Å². The van der Waals surface area contributed by atoms with Crippen molar-refractivity contribution in [3.8, 4) is 0 Å². The van der Waals surface area contributed by atoms with E-state index < -0.39 is 0 Å². The highest BCUT2D eigenvalue weighted by Gasteiger charge is 2.13. The van der Waals surface area contributed by atoms with Crippen LogP contribution in [0.5, 0.6) is 0 Å². The molecular formula is C11H21N3O. The van der Waals surface area contributed by atoms with Crippen LogP contribution in [-0.4, -0.2) is 34.8 Å². The fourth-order valence-corrected chi connectivity index (χ4v) is 1.55. The summed E-state index contributed by atoms with van der Waals surface area (Å²) in [5.74, 6) is 0. The van der Waals surface area contributed by atoms with E-state index >= 15 is 0 Å². The van der Waals surface area contributed by atoms with Gasteiger partial charge in [-0.15, -0.1) is 0 Å². The number of hydrogen-bond acceptors (Lipinski definition) is 3. The lowest BCUT2D eigenvalue weighted by atomic mass is 10.2. The van der Waals surface area contributed by atoms with Crippen LogP contribution in [0.4, 0.5) is 0 Å². The molecular weight excluding hydrogens is 190 g/mol. The third-order valence-electron chi connectivity index (χ3n) is 2.67. The van der Waals surface area contributed by atoms with Gasteiger partial charge in [-0.1, -0.05) is 0 Å². The van der Waals surface area contributed by atoms with Crippen LogP contribution in [0.1, 0.15) is 20.8 Å². The van der Waals surface area contributed by atoms with Crippen molar-refractivity contribution in [2.24, 2.45) is 0 Å². The number of hydrogen-bond donors (Lipinski definition) is 1. The van der Waals surface area contributed by atoms with Crippen molar-refractivity contribution in [1.29, 1.82) is 0 Å². The molecule has 0 radical (unpaired) electrons. The van der Waals surface area contributed by atoms with Crippen LogP contribution < -0.4 is 5.32 Å². The van der Waals surface area contributed by atoms with Crippen molar-refractivity contribution in [1.82, 2.24) is 14.9 Å². The molecule has 0 bridgehead atoms. The number of ether oxygens (including phenoxy) is 1. The Morgan fingerprint density at radius 3 is 2.67 bits per heavy atom. The predicted octanol–water partition coefficient (Wildman–Crippen LogP) is 1.28. The average molecular weight is 211 g/mol. The molecule has 15 heavy (non-hydrogen) atoms. The summed E-state index contributed by atoms with van der Waals surface area (Å²) in [5, 5.41) is 3.50. The maximum Gasteiger partial charge on any atom is 0.0946 e. The summed E-state index contributed by atoms with van der Waals surface area (Å²) in [6.07, 6.45) is 5.84. The van der Waals surface area contributed by atoms with Crippen LogP contribution in [-0.2, 0) is 11.3 Å². The summed E-state index contributed by atoms with van der Waals surface area (Å²) in [5.41, 5.74) is 0. The van der Waals surface area contributed by atoms with Gasteiger partial charge in [-0.05, 0) is 20.8 Å². The quantitative estimate of drug-likeness (QED) is 0.770. The number of nitrogens with one attached hydrogen (secondary N) is 1. The zero-order chi connectivity index (χ0) is 11.3. The van der Waals surface area contributed by atoms with Gasteiger partial charge in [0.15, 0.2) is 0 Å². The molecule has 3 unspecified atom stereocenters. The van der Waals surface area contributed by atoms with Gasteiger partial charge >= 0.3 is 0 Å². The van der Waals surface area contributed by atoms with Gasteiger partial charge in [0.2, 0.25) is 0 Å². The molecule has 4 heteroatoms. The van der Waals surface area contributed by atoms with Gasteiger partial charge in [0.05, 0.1) is 12.4 Å². The molecule has 1 aromatic rings. The molecule has 0 amide bonds. The van der Waals surface area contributed by atoms with Crippen LogP contribution >= 0.6 is 0 Å². The van der Waals surface area contributed by atoms with Crippen LogP contribution in [0.15, 0.2) is 18.7 Å². The molecule has 1 aromatic heterocycles. The molecule has 4 nitrogen and oxygen atoms in total. The molecule has 0 aliphatic carbocycles. The van der Waals surface area contributed by atoms with Crippen molar-refractivity contribution >= 4 is 0 Å². The van der Waals surface area contributed by atoms with Crippen molar-refractivity contribution < 1.29 is 4.74 Å². The standard InChI is InChI=1S/C11H21N3O/c1-9(7-14-6-5-12-8-14)13-10(2)11(3)15-4/h5-6,8-11,13H,7H2,1-4H3. The first-order chi connectivity index (χ1) is 7.13. The van der Waals surface area contributed by atoms with Gasteiger partial charge in [-0.25, -0.2) is 4.98 Å². The highest BCUT2D eigenvalue weighted by molar-refractivity contribution is 4.78. The Balaban J connectivity index is 2.32. The minimum absolute atomic E-state index is 0.232. The fourth-order valence-electron chi connectivity index (χ4n) is 1.55. The van der Waals surface area contributed by atoms with E-state index in [1.807, 2.05) is 12.5 Å². The Bertz CT molecular complexity index is 261. The molecule has 86 valence electrons. The lowest BCUT2D eigenvalue weighted by molar-refractivity contribution is 0.0843. The van der Waals surface area contributed by atoms with Gasteiger partial charge in [-0.3, -0.25) is 0 Å². The normalized spacial score (nSPS) is 17.3. The van der Waals surface area contributed by atoms with Crippen molar-refractivity contribution in [2.45, 2.75) is 45.5 Å². The van der Waals surface area contributed by atoms with Crippen LogP contribution in [0, 0.1) is 0 Å². The Kier molecular flexibility index (Phi) is 4.78. The zero-order valence-electron chi connectivity index (χ0n) is 9.97. The molecule has 0 aliphatic rings. The summed E-state index contributed by atoms with van der Waals surface area (Å²) >= 11 is 0. The maximum atomic E-state index is 5.27. The predicted molar refractivity (Wildman–Crippen MR) is 60.8 cm³/mol. The fraction of sp³-hybridized carbons (Fsp3) is 0.727. The van der Waals surface area contributed by atoms with E-state index in [2.05, 4.69) is 35.6 Å². The third-order valence-corrected chi connectivity index (χ3v) is 2.67. The molecule has 1 rings (SSSR count). The van der Waals surface area contributed by atoms with Crippen molar-refractivity contribution in [2.75, 3.05) is 7.11 Å². The second-order valence-corrected chi connectivity index (χ2v) is 4.06. The number of nitrogens with zero attached hydrogens (tertiary/aromatic N) is 2. The minimum Gasteiger partial charge on any atom is -0.380 e. The van der Waals surface area contributed by atoms with Gasteiger partial charge in [0.1, 0.15) is 0 Å².